The van der Waals surface area contributed by atoms with Crippen LogP contribution in [0.1, 0.15) is 54.4 Å². The van der Waals surface area contributed by atoms with Crippen LogP contribution in [-0.4, -0.2) is 71.5 Å². The fourth-order valence-corrected chi connectivity index (χ4v) is 3.94. The van der Waals surface area contributed by atoms with Crippen molar-refractivity contribution in [3.05, 3.63) is 48.0 Å². The molecule has 0 bridgehead atoms. The second-order valence-corrected chi connectivity index (χ2v) is 10.4. The van der Waals surface area contributed by atoms with Gasteiger partial charge in [0.15, 0.2) is 0 Å². The van der Waals surface area contributed by atoms with Crippen LogP contribution in [-0.2, 0) is 14.4 Å². The molecule has 1 saturated heterocycles. The zero-order valence-electron chi connectivity index (χ0n) is 22.0. The standard InChI is InChI=1S/C21H37N3O4.C6H6/c1-13(2)16(12-14(3)20(27)28)24(8)19(26)17(21(4,5)6)22-18(25)15-10-9-11-23(15)7;1-2-4-6-5-3-1/h12-13,15-17H,9-11H2,1-8H3,(H,22,25)(H,27,28);1-6H/b14-12+;/t15-,16+,17+;/m0./s1. The van der Waals surface area contributed by atoms with E-state index in [-0.39, 0.29) is 35.4 Å². The maximum absolute atomic E-state index is 13.3. The lowest BCUT2D eigenvalue weighted by Gasteiger charge is -2.38. The zero-order chi connectivity index (χ0) is 26.1. The van der Waals surface area contributed by atoms with Gasteiger partial charge in [0.1, 0.15) is 6.04 Å². The number of amides is 2. The van der Waals surface area contributed by atoms with Crippen LogP contribution in [0.3, 0.4) is 0 Å². The van der Waals surface area contributed by atoms with E-state index in [0.717, 1.165) is 19.4 Å². The molecule has 0 radical (unpaired) electrons. The molecule has 2 N–H and O–H groups in total. The molecule has 0 aromatic heterocycles. The molecule has 0 spiro atoms. The molecule has 2 amide bonds. The lowest BCUT2D eigenvalue weighted by molar-refractivity contribution is -0.141. The van der Waals surface area contributed by atoms with Gasteiger partial charge in [0.05, 0.1) is 12.1 Å². The van der Waals surface area contributed by atoms with Crippen LogP contribution >= 0.6 is 0 Å². The summed E-state index contributed by atoms with van der Waals surface area (Å²) in [5, 5.41) is 12.2. The number of nitrogens with zero attached hydrogens (tertiary/aromatic N) is 2. The minimum atomic E-state index is -1.00. The highest BCUT2D eigenvalue weighted by molar-refractivity contribution is 5.91. The van der Waals surface area contributed by atoms with Crippen molar-refractivity contribution in [1.29, 1.82) is 0 Å². The number of hydrogen-bond acceptors (Lipinski definition) is 4. The first-order valence-electron chi connectivity index (χ1n) is 12.0. The molecule has 1 heterocycles. The minimum Gasteiger partial charge on any atom is -0.478 e. The van der Waals surface area contributed by atoms with Crippen molar-refractivity contribution in [1.82, 2.24) is 15.1 Å². The summed E-state index contributed by atoms with van der Waals surface area (Å²) in [6, 6.07) is 10.7. The first-order valence-corrected chi connectivity index (χ1v) is 12.0. The van der Waals surface area contributed by atoms with Crippen LogP contribution in [0.25, 0.3) is 0 Å². The Bertz CT molecular complexity index is 803. The van der Waals surface area contributed by atoms with E-state index in [2.05, 4.69) is 5.32 Å². The monoisotopic (exact) mass is 473 g/mol. The van der Waals surface area contributed by atoms with Crippen LogP contribution in [0, 0.1) is 11.3 Å². The van der Waals surface area contributed by atoms with E-state index < -0.39 is 17.4 Å². The van der Waals surface area contributed by atoms with Crippen LogP contribution in [0.2, 0.25) is 0 Å². The molecule has 0 saturated carbocycles. The fourth-order valence-electron chi connectivity index (χ4n) is 3.94. The number of carbonyl (C=O) groups excluding carboxylic acids is 2. The largest absolute Gasteiger partial charge is 0.478 e. The van der Waals surface area contributed by atoms with Gasteiger partial charge >= 0.3 is 5.97 Å². The maximum atomic E-state index is 13.3. The topological polar surface area (TPSA) is 90.0 Å². The number of likely N-dealkylation sites (N-methyl/N-ethyl adjacent to an activating group) is 2. The van der Waals surface area contributed by atoms with Crippen molar-refractivity contribution in [3.8, 4) is 0 Å². The van der Waals surface area contributed by atoms with Gasteiger partial charge in [-0.25, -0.2) is 4.79 Å². The van der Waals surface area contributed by atoms with Gasteiger partial charge in [-0.3, -0.25) is 14.5 Å². The smallest absolute Gasteiger partial charge is 0.331 e. The van der Waals surface area contributed by atoms with Crippen molar-refractivity contribution in [2.75, 3.05) is 20.6 Å². The number of aliphatic carboxylic acids is 1. The average Bonchev–Trinajstić information content (AvgIpc) is 3.21. The normalized spacial score (nSPS) is 18.5. The molecule has 0 unspecified atom stereocenters. The fraction of sp³-hybridized carbons (Fsp3) is 0.593. The molecule has 1 aliphatic rings. The first-order chi connectivity index (χ1) is 15.8. The van der Waals surface area contributed by atoms with Crippen LogP contribution in [0.5, 0.6) is 0 Å². The number of carbonyl (C=O) groups is 3. The SMILES string of the molecule is C/C(=C\[C@H](C(C)C)N(C)C(=O)[C@@H](NC(=O)[C@@H]1CCCN1C)C(C)(C)C)C(=O)O.c1ccccc1. The van der Waals surface area contributed by atoms with Crippen LogP contribution in [0.15, 0.2) is 48.0 Å². The molecule has 34 heavy (non-hydrogen) atoms. The Balaban J connectivity index is 0.000000830. The van der Waals surface area contributed by atoms with Gasteiger partial charge in [-0.2, -0.15) is 0 Å². The highest BCUT2D eigenvalue weighted by atomic mass is 16.4. The third-order valence-electron chi connectivity index (χ3n) is 6.13. The second-order valence-electron chi connectivity index (χ2n) is 10.4. The van der Waals surface area contributed by atoms with Crippen molar-refractivity contribution in [2.24, 2.45) is 11.3 Å². The zero-order valence-corrected chi connectivity index (χ0v) is 22.0. The highest BCUT2D eigenvalue weighted by Crippen LogP contribution is 2.25. The molecule has 0 aliphatic carbocycles. The lowest BCUT2D eigenvalue weighted by atomic mass is 9.85. The number of rotatable bonds is 7. The molecule has 1 aliphatic heterocycles. The van der Waals surface area contributed by atoms with Gasteiger partial charge in [0, 0.05) is 12.6 Å². The van der Waals surface area contributed by atoms with E-state index in [4.69, 9.17) is 0 Å². The van der Waals surface area contributed by atoms with E-state index in [1.165, 1.54) is 6.92 Å². The first kappa shape index (κ1) is 29.4. The maximum Gasteiger partial charge on any atom is 0.331 e. The summed E-state index contributed by atoms with van der Waals surface area (Å²) >= 11 is 0. The third kappa shape index (κ3) is 8.93. The quantitative estimate of drug-likeness (QED) is 0.588. The summed E-state index contributed by atoms with van der Waals surface area (Å²) in [7, 11) is 3.59. The number of hydrogen-bond donors (Lipinski definition) is 2. The molecule has 2 rings (SSSR count). The van der Waals surface area contributed by atoms with Crippen molar-refractivity contribution in [3.63, 3.8) is 0 Å². The Kier molecular flexibility index (Phi) is 11.5. The molecular weight excluding hydrogens is 430 g/mol. The Labute approximate surface area is 205 Å². The molecule has 1 aromatic carbocycles. The second kappa shape index (κ2) is 13.3. The third-order valence-corrected chi connectivity index (χ3v) is 6.13. The summed E-state index contributed by atoms with van der Waals surface area (Å²) in [6.07, 6.45) is 3.37. The number of carboxylic acid groups (broad SMARTS) is 1. The minimum absolute atomic E-state index is 0.0283. The van der Waals surface area contributed by atoms with Gasteiger partial charge in [0.25, 0.3) is 0 Å². The van der Waals surface area contributed by atoms with Gasteiger partial charge in [-0.05, 0) is 44.7 Å². The number of carboxylic acids is 1. The Hall–Kier alpha value is -2.67. The molecule has 3 atom stereocenters. The number of likely N-dealkylation sites (tertiary alicyclic amines) is 1. The van der Waals surface area contributed by atoms with Gasteiger partial charge in [0.2, 0.25) is 11.8 Å². The summed E-state index contributed by atoms with van der Waals surface area (Å²) in [5.74, 6) is -1.31. The molecule has 190 valence electrons. The molecule has 1 fully saturated rings. The van der Waals surface area contributed by atoms with Gasteiger partial charge < -0.3 is 15.3 Å². The van der Waals surface area contributed by atoms with E-state index in [9.17, 15) is 19.5 Å². The molecule has 7 heteroatoms. The molecular formula is C27H43N3O4. The van der Waals surface area contributed by atoms with Crippen LogP contribution < -0.4 is 5.32 Å². The number of nitrogens with one attached hydrogen (secondary N) is 1. The van der Waals surface area contributed by atoms with Gasteiger partial charge in [-0.1, -0.05) is 77.1 Å². The molecule has 7 nitrogen and oxygen atoms in total. The van der Waals surface area contributed by atoms with E-state index >= 15 is 0 Å². The van der Waals surface area contributed by atoms with Crippen molar-refractivity contribution in [2.45, 2.75) is 72.5 Å². The van der Waals surface area contributed by atoms with Gasteiger partial charge in [-0.15, -0.1) is 0 Å². The van der Waals surface area contributed by atoms with E-state index in [1.54, 1.807) is 18.0 Å². The molecule has 1 aromatic rings. The lowest BCUT2D eigenvalue weighted by Crippen LogP contribution is -2.58. The summed E-state index contributed by atoms with van der Waals surface area (Å²) < 4.78 is 0. The Morgan fingerprint density at radius 2 is 1.59 bits per heavy atom. The summed E-state index contributed by atoms with van der Waals surface area (Å²) in [4.78, 5) is 40.9. The predicted molar refractivity (Wildman–Crippen MR) is 136 cm³/mol. The van der Waals surface area contributed by atoms with E-state index in [0.29, 0.717) is 0 Å². The van der Waals surface area contributed by atoms with Crippen LogP contribution in [0.4, 0.5) is 0 Å². The average molecular weight is 474 g/mol. The Morgan fingerprint density at radius 1 is 1.09 bits per heavy atom. The van der Waals surface area contributed by atoms with Crippen molar-refractivity contribution < 1.29 is 19.5 Å². The highest BCUT2D eigenvalue weighted by Gasteiger charge is 2.39. The summed E-state index contributed by atoms with van der Waals surface area (Å²) in [6.45, 7) is 12.0. The van der Waals surface area contributed by atoms with Crippen molar-refractivity contribution >= 4 is 17.8 Å². The predicted octanol–water partition coefficient (Wildman–Crippen LogP) is 3.81. The van der Waals surface area contributed by atoms with E-state index in [1.807, 2.05) is 83.0 Å². The number of benzene rings is 1. The summed E-state index contributed by atoms with van der Waals surface area (Å²) in [5.41, 5.74) is -0.284. The Morgan fingerprint density at radius 3 is 1.94 bits per heavy atom.